The average molecular weight is 755 g/mol. The van der Waals surface area contributed by atoms with Gasteiger partial charge in [0.15, 0.2) is 0 Å². The second kappa shape index (κ2) is 13.9. The molecule has 8 aromatic carbocycles. The summed E-state index contributed by atoms with van der Waals surface area (Å²) in [6, 6.07) is 71.2. The first-order valence-electron chi connectivity index (χ1n) is 20.7. The van der Waals surface area contributed by atoms with Crippen molar-refractivity contribution >= 4 is 44.4 Å². The number of fused-ring (bicyclic) bond motifs is 6. The monoisotopic (exact) mass is 754 g/mol. The van der Waals surface area contributed by atoms with Crippen LogP contribution < -0.4 is 4.90 Å². The van der Waals surface area contributed by atoms with Crippen molar-refractivity contribution in [1.29, 1.82) is 0 Å². The molecule has 11 rings (SSSR count). The van der Waals surface area contributed by atoms with Gasteiger partial charge in [-0.25, -0.2) is 0 Å². The summed E-state index contributed by atoms with van der Waals surface area (Å²) < 4.78 is 2.38. The van der Waals surface area contributed by atoms with E-state index in [1.54, 1.807) is 0 Å². The molecule has 2 heteroatoms. The Labute approximate surface area is 346 Å². The van der Waals surface area contributed by atoms with Crippen LogP contribution in [0.3, 0.4) is 0 Å². The molecule has 2 nitrogen and oxygen atoms in total. The predicted molar refractivity (Wildman–Crippen MR) is 248 cm³/mol. The van der Waals surface area contributed by atoms with Crippen LogP contribution in [0.15, 0.2) is 194 Å². The summed E-state index contributed by atoms with van der Waals surface area (Å²) in [5.41, 5.74) is 19.5. The van der Waals surface area contributed by atoms with Crippen LogP contribution in [0.1, 0.15) is 43.4 Å². The van der Waals surface area contributed by atoms with Crippen LogP contribution in [-0.2, 0) is 5.41 Å². The summed E-state index contributed by atoms with van der Waals surface area (Å²) >= 11 is 0. The first-order valence-corrected chi connectivity index (χ1v) is 20.7. The number of rotatable bonds is 7. The highest BCUT2D eigenvalue weighted by atomic mass is 15.1. The summed E-state index contributed by atoms with van der Waals surface area (Å²) in [4.78, 5) is 2.41. The number of nitrogens with zero attached hydrogens (tertiary/aromatic N) is 2. The van der Waals surface area contributed by atoms with E-state index >= 15 is 0 Å². The summed E-state index contributed by atoms with van der Waals surface area (Å²) in [7, 11) is 0. The Morgan fingerprint density at radius 3 is 2.08 bits per heavy atom. The molecule has 2 aliphatic carbocycles. The van der Waals surface area contributed by atoms with Gasteiger partial charge in [-0.05, 0) is 136 Å². The van der Waals surface area contributed by atoms with Crippen LogP contribution in [0.25, 0.3) is 66.4 Å². The molecule has 0 N–H and O–H groups in total. The molecule has 0 aliphatic heterocycles. The quantitative estimate of drug-likeness (QED) is 0.157. The topological polar surface area (TPSA) is 8.17 Å². The van der Waals surface area contributed by atoms with Crippen molar-refractivity contribution in [1.82, 2.24) is 4.57 Å². The fraction of sp³-hybridized carbons (Fsp3) is 0.0877. The lowest BCUT2D eigenvalue weighted by Crippen LogP contribution is -2.15. The van der Waals surface area contributed by atoms with E-state index in [0.29, 0.717) is 0 Å². The normalized spacial score (nSPS) is 13.8. The Bertz CT molecular complexity index is 3120. The Hall–Kier alpha value is -7.34. The molecule has 0 fully saturated rings. The van der Waals surface area contributed by atoms with Gasteiger partial charge in [-0.15, -0.1) is 0 Å². The van der Waals surface area contributed by atoms with Crippen molar-refractivity contribution in [3.05, 3.63) is 223 Å². The molecule has 0 bridgehead atoms. The second-order valence-electron chi connectivity index (χ2n) is 16.3. The zero-order chi connectivity index (χ0) is 39.5. The lowest BCUT2D eigenvalue weighted by molar-refractivity contribution is 0.660. The van der Waals surface area contributed by atoms with Gasteiger partial charge in [-0.3, -0.25) is 0 Å². The zero-order valence-electron chi connectivity index (χ0n) is 33.3. The van der Waals surface area contributed by atoms with Crippen molar-refractivity contribution in [2.45, 2.75) is 32.1 Å². The van der Waals surface area contributed by atoms with Crippen LogP contribution >= 0.6 is 0 Å². The molecular weight excluding hydrogens is 713 g/mol. The van der Waals surface area contributed by atoms with Crippen molar-refractivity contribution < 1.29 is 0 Å². The standard InChI is InChI=1S/C57H42N2/c1-57(2)52-25-12-9-23-48(52)50-38-46(33-34-53(50)57)58(45-21-15-20-42(36-45)39-16-5-3-6-17-39)44-31-28-40(29-32-44)43-30-35-56-51(37-43)49-24-11-14-27-55(49)59(56)54-26-13-10-22-47(54)41-18-7-4-8-19-41/h3-7,9-13,15-18,20-26,28-38H,8,19H2,1-2H3. The summed E-state index contributed by atoms with van der Waals surface area (Å²) in [5.74, 6) is 0. The maximum Gasteiger partial charge on any atom is 0.105 e. The van der Waals surface area contributed by atoms with Crippen LogP contribution in [0.4, 0.5) is 17.1 Å². The van der Waals surface area contributed by atoms with E-state index in [2.05, 4.69) is 224 Å². The van der Waals surface area contributed by atoms with E-state index in [0.717, 1.165) is 35.4 Å². The Kier molecular flexibility index (Phi) is 8.24. The van der Waals surface area contributed by atoms with Gasteiger partial charge < -0.3 is 9.47 Å². The molecule has 1 aromatic heterocycles. The Morgan fingerprint density at radius 2 is 1.24 bits per heavy atom. The fourth-order valence-corrected chi connectivity index (χ4v) is 9.59. The first kappa shape index (κ1) is 34.9. The van der Waals surface area contributed by atoms with Crippen molar-refractivity contribution in [3.8, 4) is 39.1 Å². The highest BCUT2D eigenvalue weighted by Crippen LogP contribution is 2.51. The van der Waals surface area contributed by atoms with E-state index in [1.165, 1.54) is 77.6 Å². The number of allylic oxidation sites excluding steroid dienone is 4. The molecule has 59 heavy (non-hydrogen) atoms. The van der Waals surface area contributed by atoms with Gasteiger partial charge in [0.2, 0.25) is 0 Å². The van der Waals surface area contributed by atoms with Gasteiger partial charge in [0.1, 0.15) is 5.52 Å². The first-order chi connectivity index (χ1) is 29.0. The van der Waals surface area contributed by atoms with E-state index in [-0.39, 0.29) is 5.41 Å². The molecule has 0 radical (unpaired) electrons. The number of hydrogen-bond donors (Lipinski definition) is 0. The molecule has 1 heterocycles. The fourth-order valence-electron chi connectivity index (χ4n) is 9.59. The number of para-hydroxylation sites is 1. The third kappa shape index (κ3) is 5.81. The average Bonchev–Trinajstić information content (AvgIpc) is 3.75. The largest absolute Gasteiger partial charge is 0.310 e. The molecule has 0 saturated heterocycles. The minimum absolute atomic E-state index is 0.0538. The lowest BCUT2D eigenvalue weighted by Gasteiger charge is -2.28. The Morgan fingerprint density at radius 1 is 0.542 bits per heavy atom. The van der Waals surface area contributed by atoms with Gasteiger partial charge in [-0.2, -0.15) is 0 Å². The van der Waals surface area contributed by atoms with E-state index in [1.807, 2.05) is 6.07 Å². The predicted octanol–water partition coefficient (Wildman–Crippen LogP) is 15.2. The summed E-state index contributed by atoms with van der Waals surface area (Å²) in [6.07, 6.45) is 8.80. The highest BCUT2D eigenvalue weighted by Gasteiger charge is 2.35. The summed E-state index contributed by atoms with van der Waals surface area (Å²) in [5, 5.41) is 2.38. The maximum atomic E-state index is 3.49. The molecule has 0 spiro atoms. The van der Waals surface area contributed by atoms with Crippen LogP contribution in [-0.4, -0.2) is 4.57 Å². The highest BCUT2D eigenvalue weighted by molar-refractivity contribution is 6.10. The molecule has 280 valence electrons. The number of aromatic nitrogens is 1. The molecule has 2 aliphatic rings. The maximum absolute atomic E-state index is 3.49. The smallest absolute Gasteiger partial charge is 0.105 e. The van der Waals surface area contributed by atoms with Gasteiger partial charge in [-0.1, -0.05) is 147 Å². The lowest BCUT2D eigenvalue weighted by atomic mass is 9.82. The van der Waals surface area contributed by atoms with Gasteiger partial charge in [0, 0.05) is 38.8 Å². The number of hydrogen-bond acceptors (Lipinski definition) is 1. The minimum Gasteiger partial charge on any atom is -0.310 e. The van der Waals surface area contributed by atoms with E-state index in [4.69, 9.17) is 0 Å². The van der Waals surface area contributed by atoms with Gasteiger partial charge >= 0.3 is 0 Å². The SMILES string of the molecule is CC1(C)c2ccccc2-c2cc(N(c3ccc(-c4ccc5c(c4)c4ccc#cc4n5-c4ccccc4C4=CC=CCC4)cc3)c3cccc(-c4ccccc4)c3)ccc21. The van der Waals surface area contributed by atoms with Crippen LogP contribution in [0.2, 0.25) is 0 Å². The zero-order valence-corrected chi connectivity index (χ0v) is 33.3. The third-order valence-corrected chi connectivity index (χ3v) is 12.5. The van der Waals surface area contributed by atoms with Crippen LogP contribution in [0, 0.1) is 12.1 Å². The molecule has 0 saturated carbocycles. The minimum atomic E-state index is -0.0538. The molecule has 0 unspecified atom stereocenters. The molecule has 0 atom stereocenters. The van der Waals surface area contributed by atoms with E-state index < -0.39 is 0 Å². The van der Waals surface area contributed by atoms with Crippen molar-refractivity contribution in [2.24, 2.45) is 0 Å². The van der Waals surface area contributed by atoms with Crippen LogP contribution in [0.5, 0.6) is 0 Å². The number of anilines is 3. The third-order valence-electron chi connectivity index (χ3n) is 12.5. The summed E-state index contributed by atoms with van der Waals surface area (Å²) in [6.45, 7) is 4.68. The molecule has 9 aromatic rings. The van der Waals surface area contributed by atoms with E-state index in [9.17, 15) is 0 Å². The van der Waals surface area contributed by atoms with Crippen molar-refractivity contribution in [3.63, 3.8) is 0 Å². The Balaban J connectivity index is 1.02. The van der Waals surface area contributed by atoms with Gasteiger partial charge in [0.25, 0.3) is 0 Å². The molecular formula is C57H42N2. The molecule has 0 amide bonds. The van der Waals surface area contributed by atoms with Crippen molar-refractivity contribution in [2.75, 3.05) is 4.90 Å². The van der Waals surface area contributed by atoms with Gasteiger partial charge in [0.05, 0.1) is 11.2 Å². The second-order valence-corrected chi connectivity index (χ2v) is 16.3. The number of benzene rings is 7.